The van der Waals surface area contributed by atoms with Crippen LogP contribution in [0.5, 0.6) is 0 Å². The van der Waals surface area contributed by atoms with Crippen LogP contribution in [0.3, 0.4) is 0 Å². The summed E-state index contributed by atoms with van der Waals surface area (Å²) in [4.78, 5) is 0. The van der Waals surface area contributed by atoms with E-state index in [0.717, 1.165) is 0 Å². The number of hydrogen-bond acceptors (Lipinski definition) is 9. The van der Waals surface area contributed by atoms with E-state index in [4.69, 9.17) is 42.0 Å². The Labute approximate surface area is 356 Å². The molecule has 59 heavy (non-hydrogen) atoms. The molecule has 11 heteroatoms. The molecule has 0 aliphatic heterocycles. The lowest BCUT2D eigenvalue weighted by atomic mass is 10.2. The van der Waals surface area contributed by atoms with Crippen LogP contribution >= 0.6 is 0 Å². The van der Waals surface area contributed by atoms with Gasteiger partial charge >= 0.3 is 0 Å². The Hall–Kier alpha value is -3.05. The third kappa shape index (κ3) is 15.1. The molecular weight excluding hydrogens is 777 g/mol. The van der Waals surface area contributed by atoms with E-state index in [0.29, 0.717) is 106 Å². The normalized spacial score (nSPS) is 12.6. The van der Waals surface area contributed by atoms with Crippen LogP contribution in [0.2, 0.25) is 10.1 Å². The summed E-state index contributed by atoms with van der Waals surface area (Å²) in [5.41, 5.74) is 0. The molecule has 0 unspecified atom stereocenters. The number of rotatable bonds is 30. The smallest absolute Gasteiger partial charge is 0.261 e. The van der Waals surface area contributed by atoms with Gasteiger partial charge in [-0.15, -0.1) is 0 Å². The molecule has 0 radical (unpaired) electrons. The first-order valence-corrected chi connectivity index (χ1v) is 25.0. The number of hydrogen-bond donors (Lipinski definition) is 0. The van der Waals surface area contributed by atoms with Crippen molar-refractivity contribution in [2.75, 3.05) is 106 Å². The second-order valence-electron chi connectivity index (χ2n) is 16.3. The lowest BCUT2D eigenvalue weighted by molar-refractivity contribution is -0.0220. The molecule has 0 N–H and O–H groups in total. The minimum absolute atomic E-state index is 0.0579. The van der Waals surface area contributed by atoms with Gasteiger partial charge < -0.3 is 42.0 Å². The van der Waals surface area contributed by atoms with E-state index in [1.165, 1.54) is 20.7 Å². The summed E-state index contributed by atoms with van der Waals surface area (Å²) in [5.74, 6) is 0. The average molecular weight is 847 g/mol. The average Bonchev–Trinajstić information content (AvgIpc) is 3.24. The summed E-state index contributed by atoms with van der Waals surface area (Å²) < 4.78 is 53.7. The van der Waals surface area contributed by atoms with Gasteiger partial charge in [0.2, 0.25) is 0 Å². The second-order valence-corrected chi connectivity index (χ2v) is 24.9. The van der Waals surface area contributed by atoms with Crippen LogP contribution in [0.1, 0.15) is 41.5 Å². The van der Waals surface area contributed by atoms with Crippen LogP contribution in [0.15, 0.2) is 121 Å². The fourth-order valence-corrected chi connectivity index (χ4v) is 16.5. The van der Waals surface area contributed by atoms with Crippen molar-refractivity contribution < 1.29 is 42.0 Å². The molecule has 0 amide bonds. The van der Waals surface area contributed by atoms with Gasteiger partial charge in [0.15, 0.2) is 0 Å². The van der Waals surface area contributed by atoms with Crippen LogP contribution in [-0.4, -0.2) is 122 Å². The van der Waals surface area contributed by atoms with Crippen molar-refractivity contribution in [3.8, 4) is 0 Å². The number of benzene rings is 4. The monoisotopic (exact) mass is 846 g/mol. The predicted octanol–water partition coefficient (Wildman–Crippen LogP) is 6.26. The van der Waals surface area contributed by atoms with Crippen molar-refractivity contribution in [1.82, 2.24) is 0 Å². The third-order valence-corrected chi connectivity index (χ3v) is 20.2. The van der Waals surface area contributed by atoms with Crippen molar-refractivity contribution in [3.63, 3.8) is 0 Å². The van der Waals surface area contributed by atoms with Crippen LogP contribution in [0.25, 0.3) is 0 Å². The molecule has 4 aromatic rings. The van der Waals surface area contributed by atoms with Gasteiger partial charge in [-0.3, -0.25) is 0 Å². The van der Waals surface area contributed by atoms with Crippen molar-refractivity contribution in [2.45, 2.75) is 51.6 Å². The number of ether oxygens (including phenoxy) is 7. The Kier molecular flexibility index (Phi) is 21.7. The van der Waals surface area contributed by atoms with E-state index in [1.807, 2.05) is 0 Å². The van der Waals surface area contributed by atoms with E-state index in [2.05, 4.69) is 163 Å². The first-order valence-electron chi connectivity index (χ1n) is 21.2. The summed E-state index contributed by atoms with van der Waals surface area (Å²) in [7, 11) is -5.09. The Bertz CT molecular complexity index is 1430. The zero-order valence-electron chi connectivity index (χ0n) is 36.5. The molecular formula is C48H70O9Si2. The molecule has 0 spiro atoms. The molecule has 0 bridgehead atoms. The van der Waals surface area contributed by atoms with Gasteiger partial charge in [-0.1, -0.05) is 163 Å². The van der Waals surface area contributed by atoms with E-state index in [1.54, 1.807) is 0 Å². The molecule has 9 nitrogen and oxygen atoms in total. The fourth-order valence-electron chi connectivity index (χ4n) is 7.45. The van der Waals surface area contributed by atoms with Gasteiger partial charge in [0.25, 0.3) is 16.6 Å². The van der Waals surface area contributed by atoms with Gasteiger partial charge in [-0.05, 0) is 30.8 Å². The molecule has 324 valence electrons. The van der Waals surface area contributed by atoms with Crippen molar-refractivity contribution >= 4 is 37.4 Å². The van der Waals surface area contributed by atoms with Gasteiger partial charge in [-0.2, -0.15) is 0 Å². The maximum atomic E-state index is 6.87. The van der Waals surface area contributed by atoms with Gasteiger partial charge in [-0.25, -0.2) is 0 Å². The molecule has 0 saturated carbocycles. The van der Waals surface area contributed by atoms with Gasteiger partial charge in [0.1, 0.15) is 0 Å². The second kappa shape index (κ2) is 26.3. The minimum Gasteiger partial charge on any atom is -0.405 e. The highest BCUT2D eigenvalue weighted by molar-refractivity contribution is 7.00. The summed E-state index contributed by atoms with van der Waals surface area (Å²) >= 11 is 0. The quantitative estimate of drug-likeness (QED) is 0.0447. The van der Waals surface area contributed by atoms with Crippen molar-refractivity contribution in [3.05, 3.63) is 121 Å². The van der Waals surface area contributed by atoms with E-state index >= 15 is 0 Å². The van der Waals surface area contributed by atoms with E-state index in [9.17, 15) is 0 Å². The molecule has 0 aliphatic rings. The van der Waals surface area contributed by atoms with Crippen LogP contribution in [-0.2, 0) is 42.0 Å². The highest BCUT2D eigenvalue weighted by Gasteiger charge is 2.51. The van der Waals surface area contributed by atoms with Crippen LogP contribution in [0.4, 0.5) is 0 Å². The minimum atomic E-state index is -2.55. The van der Waals surface area contributed by atoms with E-state index in [-0.39, 0.29) is 10.1 Å². The summed E-state index contributed by atoms with van der Waals surface area (Å²) in [5, 5.41) is 4.96. The maximum Gasteiger partial charge on any atom is 0.261 e. The molecule has 0 aliphatic carbocycles. The molecule has 4 aromatic carbocycles. The Morgan fingerprint density at radius 3 is 0.610 bits per heavy atom. The molecule has 0 fully saturated rings. The van der Waals surface area contributed by atoms with Crippen molar-refractivity contribution in [2.24, 2.45) is 0 Å². The lowest BCUT2D eigenvalue weighted by Gasteiger charge is -2.43. The Balaban J connectivity index is 0.942. The first kappa shape index (κ1) is 48.6. The topological polar surface area (TPSA) is 83.1 Å². The third-order valence-electron chi connectivity index (χ3n) is 10.2. The Morgan fingerprint density at radius 1 is 0.271 bits per heavy atom. The highest BCUT2D eigenvalue weighted by atomic mass is 28.4. The zero-order chi connectivity index (χ0) is 42.1. The molecule has 0 aromatic heterocycles. The standard InChI is InChI=1S/C48H70O9Si2/c1-47(2,3)58(43-19-11-7-12-20-43,44-21-13-8-14-22-44)56-41-39-54-37-35-52-33-31-50-29-27-49-28-30-51-32-34-53-36-38-55-40-42-57-59(48(4,5)6,45-23-15-9-16-24-45)46-25-17-10-18-26-46/h7-26H,27-42H2,1-6H3. The highest BCUT2D eigenvalue weighted by Crippen LogP contribution is 2.37. The molecule has 0 heterocycles. The molecule has 0 atom stereocenters. The largest absolute Gasteiger partial charge is 0.405 e. The SMILES string of the molecule is CC(C)(C)[Si](OCCOCCOCCOCCOCCOCCOCCOCCO[Si](c1ccccc1)(c1ccccc1)C(C)(C)C)(c1ccccc1)c1ccccc1. The molecule has 4 rings (SSSR count). The maximum absolute atomic E-state index is 6.87. The first-order chi connectivity index (χ1) is 28.6. The lowest BCUT2D eigenvalue weighted by Crippen LogP contribution is -2.66. The van der Waals surface area contributed by atoms with E-state index < -0.39 is 16.6 Å². The summed E-state index contributed by atoms with van der Waals surface area (Å²) in [6, 6.07) is 42.7. The van der Waals surface area contributed by atoms with Gasteiger partial charge in [0.05, 0.1) is 106 Å². The van der Waals surface area contributed by atoms with Gasteiger partial charge in [0, 0.05) is 0 Å². The molecule has 0 saturated heterocycles. The summed E-state index contributed by atoms with van der Waals surface area (Å²) in [6.45, 7) is 21.8. The van der Waals surface area contributed by atoms with Crippen LogP contribution < -0.4 is 20.7 Å². The Morgan fingerprint density at radius 2 is 0.441 bits per heavy atom. The van der Waals surface area contributed by atoms with Crippen molar-refractivity contribution in [1.29, 1.82) is 0 Å². The summed E-state index contributed by atoms with van der Waals surface area (Å²) in [6.07, 6.45) is 0. The zero-order valence-corrected chi connectivity index (χ0v) is 38.5. The predicted molar refractivity (Wildman–Crippen MR) is 243 cm³/mol. The van der Waals surface area contributed by atoms with Crippen LogP contribution in [0, 0.1) is 0 Å². The fraction of sp³-hybridized carbons (Fsp3) is 0.500.